The molecule has 0 aliphatic carbocycles. The van der Waals surface area contributed by atoms with Crippen molar-refractivity contribution in [2.75, 3.05) is 59.4 Å². The molecule has 1 atom stereocenters. The highest BCUT2D eigenvalue weighted by molar-refractivity contribution is 9.09. The predicted octanol–water partition coefficient (Wildman–Crippen LogP) is 5.43. The Labute approximate surface area is 237 Å². The van der Waals surface area contributed by atoms with Gasteiger partial charge in [-0.25, -0.2) is 0 Å². The van der Waals surface area contributed by atoms with E-state index >= 15 is 0 Å². The summed E-state index contributed by atoms with van der Waals surface area (Å²) in [5.41, 5.74) is 2.20. The monoisotopic (exact) mass is 592 g/mol. The highest BCUT2D eigenvalue weighted by atomic mass is 79.9. The van der Waals surface area contributed by atoms with Crippen LogP contribution in [0.1, 0.15) is 43.2 Å². The Balaban J connectivity index is 1.54. The van der Waals surface area contributed by atoms with Crippen molar-refractivity contribution >= 4 is 15.9 Å². The van der Waals surface area contributed by atoms with E-state index in [9.17, 15) is 0 Å². The standard InChI is InChI=1S/C30H45BrN2O5/c1-32-26-11-15-33(16-12-26)17-13-27(38-23-24-8-5-4-6-9-24)10-7-18-37-29-21-25(22-36-19-14-31)20-28(34-2)30(29)35-3/h4-6,8-9,20-21,26-27,32H,7,10-19,22-23H2,1-3H3. The maximum Gasteiger partial charge on any atom is 0.203 e. The third kappa shape index (κ3) is 10.4. The second-order valence-electron chi connectivity index (χ2n) is 9.67. The van der Waals surface area contributed by atoms with Gasteiger partial charge < -0.3 is 33.9 Å². The summed E-state index contributed by atoms with van der Waals surface area (Å²) in [6.45, 7) is 5.71. The molecule has 1 aliphatic rings. The maximum absolute atomic E-state index is 6.41. The lowest BCUT2D eigenvalue weighted by Crippen LogP contribution is -2.42. The van der Waals surface area contributed by atoms with Crippen molar-refractivity contribution < 1.29 is 23.7 Å². The van der Waals surface area contributed by atoms with Gasteiger partial charge in [0.2, 0.25) is 5.75 Å². The number of rotatable bonds is 18. The first-order valence-electron chi connectivity index (χ1n) is 13.7. The molecule has 1 heterocycles. The van der Waals surface area contributed by atoms with E-state index in [1.807, 2.05) is 18.2 Å². The molecule has 8 heteroatoms. The van der Waals surface area contributed by atoms with Crippen LogP contribution in [0.25, 0.3) is 0 Å². The summed E-state index contributed by atoms with van der Waals surface area (Å²) >= 11 is 3.40. The van der Waals surface area contributed by atoms with Gasteiger partial charge in [0.05, 0.1) is 46.8 Å². The SMILES string of the molecule is CNC1CCN(CCC(CCCOc2cc(COCCBr)cc(OC)c2OC)OCc2ccccc2)CC1. The van der Waals surface area contributed by atoms with Crippen molar-refractivity contribution in [2.45, 2.75) is 57.5 Å². The van der Waals surface area contributed by atoms with Gasteiger partial charge >= 0.3 is 0 Å². The van der Waals surface area contributed by atoms with Crippen molar-refractivity contribution in [1.29, 1.82) is 0 Å². The number of halogens is 1. The predicted molar refractivity (Wildman–Crippen MR) is 156 cm³/mol. The van der Waals surface area contributed by atoms with Crippen LogP contribution in [0.15, 0.2) is 42.5 Å². The van der Waals surface area contributed by atoms with Gasteiger partial charge in [0.1, 0.15) is 0 Å². The molecule has 7 nitrogen and oxygen atoms in total. The minimum absolute atomic E-state index is 0.182. The fraction of sp³-hybridized carbons (Fsp3) is 0.600. The number of hydrogen-bond donors (Lipinski definition) is 1. The van der Waals surface area contributed by atoms with Crippen molar-refractivity contribution in [3.05, 3.63) is 53.6 Å². The van der Waals surface area contributed by atoms with Crippen molar-refractivity contribution in [3.63, 3.8) is 0 Å². The second-order valence-corrected chi connectivity index (χ2v) is 10.5. The summed E-state index contributed by atoms with van der Waals surface area (Å²) in [7, 11) is 5.34. The molecule has 1 unspecified atom stereocenters. The van der Waals surface area contributed by atoms with Gasteiger partial charge in [-0.1, -0.05) is 46.3 Å². The first-order valence-corrected chi connectivity index (χ1v) is 14.9. The fourth-order valence-corrected chi connectivity index (χ4v) is 5.01. The molecule has 1 N–H and O–H groups in total. The minimum atomic E-state index is 0.182. The summed E-state index contributed by atoms with van der Waals surface area (Å²) in [6.07, 6.45) is 5.46. The van der Waals surface area contributed by atoms with E-state index in [-0.39, 0.29) is 6.10 Å². The summed E-state index contributed by atoms with van der Waals surface area (Å²) in [6, 6.07) is 15.0. The maximum atomic E-state index is 6.41. The van der Waals surface area contributed by atoms with E-state index < -0.39 is 0 Å². The quantitative estimate of drug-likeness (QED) is 0.183. The molecule has 2 aromatic rings. The molecule has 0 amide bonds. The molecule has 0 bridgehead atoms. The first-order chi connectivity index (χ1) is 18.7. The van der Waals surface area contributed by atoms with E-state index in [1.165, 1.54) is 18.4 Å². The molecule has 2 aromatic carbocycles. The van der Waals surface area contributed by atoms with Crippen LogP contribution in [-0.4, -0.2) is 76.5 Å². The third-order valence-corrected chi connectivity index (χ3v) is 7.34. The number of methoxy groups -OCH3 is 2. The lowest BCUT2D eigenvalue weighted by atomic mass is 10.0. The number of nitrogens with zero attached hydrogens (tertiary/aromatic N) is 1. The summed E-state index contributed by atoms with van der Waals surface area (Å²) in [4.78, 5) is 2.57. The van der Waals surface area contributed by atoms with Crippen molar-refractivity contribution in [1.82, 2.24) is 10.2 Å². The summed E-state index contributed by atoms with van der Waals surface area (Å²) < 4.78 is 29.4. The lowest BCUT2D eigenvalue weighted by molar-refractivity contribution is 0.0177. The van der Waals surface area contributed by atoms with Crippen molar-refractivity contribution in [2.24, 2.45) is 0 Å². The van der Waals surface area contributed by atoms with Crippen LogP contribution in [0.4, 0.5) is 0 Å². The van der Waals surface area contributed by atoms with Crippen LogP contribution < -0.4 is 19.5 Å². The van der Waals surface area contributed by atoms with Crippen LogP contribution in [0.2, 0.25) is 0 Å². The Morgan fingerprint density at radius 2 is 1.71 bits per heavy atom. The topological polar surface area (TPSA) is 61.4 Å². The molecule has 212 valence electrons. The average molecular weight is 594 g/mol. The minimum Gasteiger partial charge on any atom is -0.493 e. The number of likely N-dealkylation sites (tertiary alicyclic amines) is 1. The van der Waals surface area contributed by atoms with Crippen LogP contribution in [0.5, 0.6) is 17.2 Å². The molecule has 0 spiro atoms. The van der Waals surface area contributed by atoms with Gasteiger partial charge in [-0.3, -0.25) is 0 Å². The van der Waals surface area contributed by atoms with Gasteiger partial charge in [-0.05, 0) is 75.5 Å². The Morgan fingerprint density at radius 1 is 0.947 bits per heavy atom. The zero-order chi connectivity index (χ0) is 27.0. The highest BCUT2D eigenvalue weighted by Crippen LogP contribution is 2.38. The summed E-state index contributed by atoms with van der Waals surface area (Å²) in [5.74, 6) is 1.94. The van der Waals surface area contributed by atoms with E-state index in [4.69, 9.17) is 23.7 Å². The van der Waals surface area contributed by atoms with Gasteiger partial charge in [-0.15, -0.1) is 0 Å². The van der Waals surface area contributed by atoms with Gasteiger partial charge in [0, 0.05) is 17.9 Å². The van der Waals surface area contributed by atoms with Crippen LogP contribution in [0.3, 0.4) is 0 Å². The fourth-order valence-electron chi connectivity index (χ4n) is 4.78. The smallest absolute Gasteiger partial charge is 0.203 e. The third-order valence-electron chi connectivity index (χ3n) is 7.01. The number of ether oxygens (including phenoxy) is 5. The largest absolute Gasteiger partial charge is 0.493 e. The van der Waals surface area contributed by atoms with Crippen LogP contribution in [-0.2, 0) is 22.7 Å². The molecular formula is C30H45BrN2O5. The average Bonchev–Trinajstić information content (AvgIpc) is 2.96. The lowest BCUT2D eigenvalue weighted by Gasteiger charge is -2.32. The van der Waals surface area contributed by atoms with Crippen LogP contribution >= 0.6 is 15.9 Å². The number of nitrogens with one attached hydrogen (secondary N) is 1. The van der Waals surface area contributed by atoms with Gasteiger partial charge in [0.15, 0.2) is 11.5 Å². The number of benzene rings is 2. The van der Waals surface area contributed by atoms with E-state index in [1.54, 1.807) is 14.2 Å². The molecule has 1 fully saturated rings. The highest BCUT2D eigenvalue weighted by Gasteiger charge is 2.20. The molecule has 1 aliphatic heterocycles. The Kier molecular flexibility index (Phi) is 14.3. The zero-order valence-corrected chi connectivity index (χ0v) is 24.8. The number of alkyl halides is 1. The van der Waals surface area contributed by atoms with E-state index in [0.717, 1.165) is 49.8 Å². The molecule has 38 heavy (non-hydrogen) atoms. The van der Waals surface area contributed by atoms with E-state index in [0.29, 0.717) is 49.7 Å². The van der Waals surface area contributed by atoms with Crippen molar-refractivity contribution in [3.8, 4) is 17.2 Å². The molecule has 0 saturated carbocycles. The van der Waals surface area contributed by atoms with Gasteiger partial charge in [-0.2, -0.15) is 0 Å². The molecule has 3 rings (SSSR count). The number of piperidine rings is 1. The molecule has 0 aromatic heterocycles. The van der Waals surface area contributed by atoms with Gasteiger partial charge in [0.25, 0.3) is 0 Å². The normalized spacial score (nSPS) is 15.4. The Hall–Kier alpha value is -1.84. The Morgan fingerprint density at radius 3 is 2.39 bits per heavy atom. The van der Waals surface area contributed by atoms with E-state index in [2.05, 4.69) is 57.5 Å². The molecule has 0 radical (unpaired) electrons. The number of hydrogen-bond acceptors (Lipinski definition) is 7. The zero-order valence-electron chi connectivity index (χ0n) is 23.3. The van der Waals surface area contributed by atoms with Crippen LogP contribution in [0, 0.1) is 0 Å². The second kappa shape index (κ2) is 17.7. The molecule has 1 saturated heterocycles. The Bertz CT molecular complexity index is 909. The first kappa shape index (κ1) is 30.7. The molecular weight excluding hydrogens is 548 g/mol. The summed E-state index contributed by atoms with van der Waals surface area (Å²) in [5, 5.41) is 4.21.